The minimum Gasteiger partial charge on any atom is -0.349 e. The van der Waals surface area contributed by atoms with E-state index in [1.54, 1.807) is 17.5 Å². The van der Waals surface area contributed by atoms with Crippen LogP contribution in [-0.2, 0) is 6.54 Å². The highest BCUT2D eigenvalue weighted by Gasteiger charge is 2.33. The van der Waals surface area contributed by atoms with Gasteiger partial charge in [0.25, 0.3) is 0 Å². The number of aromatic nitrogens is 3. The minimum absolute atomic E-state index is 0.0889. The number of anilines is 2. The van der Waals surface area contributed by atoms with E-state index in [1.165, 1.54) is 0 Å². The number of rotatable bonds is 6. The Hall–Kier alpha value is -1.80. The Kier molecular flexibility index (Phi) is 5.25. The van der Waals surface area contributed by atoms with Crippen LogP contribution < -0.4 is 15.1 Å². The zero-order valence-electron chi connectivity index (χ0n) is 14.2. The Morgan fingerprint density at radius 3 is 2.96 bits per heavy atom. The third-order valence-corrected chi connectivity index (χ3v) is 4.98. The molecule has 3 rings (SSSR count). The van der Waals surface area contributed by atoms with Crippen LogP contribution in [0.1, 0.15) is 17.1 Å². The second-order valence-corrected chi connectivity index (χ2v) is 7.20. The smallest absolute Gasteiger partial charge is 0.226 e. The summed E-state index contributed by atoms with van der Waals surface area (Å²) in [7, 11) is 3.80. The van der Waals surface area contributed by atoms with Crippen LogP contribution in [0.3, 0.4) is 0 Å². The van der Waals surface area contributed by atoms with E-state index in [9.17, 15) is 4.39 Å². The molecule has 0 spiro atoms. The Morgan fingerprint density at radius 2 is 2.25 bits per heavy atom. The van der Waals surface area contributed by atoms with Gasteiger partial charge in [-0.2, -0.15) is 4.98 Å². The molecule has 0 saturated carbocycles. The summed E-state index contributed by atoms with van der Waals surface area (Å²) in [5.41, 5.74) is 1.04. The third-order valence-electron chi connectivity index (χ3n) is 4.01. The van der Waals surface area contributed by atoms with E-state index in [0.29, 0.717) is 32.0 Å². The van der Waals surface area contributed by atoms with E-state index in [2.05, 4.69) is 20.3 Å². The highest BCUT2D eigenvalue weighted by Crippen LogP contribution is 2.26. The summed E-state index contributed by atoms with van der Waals surface area (Å²) in [4.78, 5) is 17.1. The van der Waals surface area contributed by atoms with Crippen LogP contribution in [0.4, 0.5) is 16.2 Å². The van der Waals surface area contributed by atoms with Crippen molar-refractivity contribution < 1.29 is 4.39 Å². The van der Waals surface area contributed by atoms with Gasteiger partial charge in [-0.25, -0.2) is 14.4 Å². The minimum atomic E-state index is -0.823. The Morgan fingerprint density at radius 1 is 1.42 bits per heavy atom. The molecule has 0 aliphatic carbocycles. The van der Waals surface area contributed by atoms with Crippen LogP contribution >= 0.6 is 11.3 Å². The van der Waals surface area contributed by atoms with E-state index < -0.39 is 6.17 Å². The average molecular weight is 350 g/mol. The first-order chi connectivity index (χ1) is 11.5. The molecule has 0 radical (unpaired) electrons. The van der Waals surface area contributed by atoms with E-state index in [-0.39, 0.29) is 6.04 Å². The summed E-state index contributed by atoms with van der Waals surface area (Å²) in [6.45, 7) is 3.79. The van der Waals surface area contributed by atoms with E-state index in [4.69, 9.17) is 0 Å². The van der Waals surface area contributed by atoms with E-state index in [1.807, 2.05) is 42.3 Å². The van der Waals surface area contributed by atoms with Gasteiger partial charge >= 0.3 is 0 Å². The monoisotopic (exact) mass is 350 g/mol. The topological polar surface area (TPSA) is 57.2 Å². The fraction of sp³-hybridized carbons (Fsp3) is 0.562. The first-order valence-electron chi connectivity index (χ1n) is 8.05. The molecule has 0 unspecified atom stereocenters. The molecule has 3 heterocycles. The van der Waals surface area contributed by atoms with Crippen LogP contribution in [-0.4, -0.2) is 54.4 Å². The molecule has 24 heavy (non-hydrogen) atoms. The van der Waals surface area contributed by atoms with Gasteiger partial charge in [0.15, 0.2) is 0 Å². The number of thiazole rings is 1. The normalized spacial score (nSPS) is 20.6. The first kappa shape index (κ1) is 17.0. The van der Waals surface area contributed by atoms with Crippen molar-refractivity contribution >= 4 is 23.1 Å². The average Bonchev–Trinajstić information content (AvgIpc) is 3.13. The van der Waals surface area contributed by atoms with Crippen LogP contribution in [0.15, 0.2) is 17.6 Å². The molecule has 1 aliphatic heterocycles. The molecule has 0 bridgehead atoms. The molecule has 1 aliphatic rings. The van der Waals surface area contributed by atoms with Gasteiger partial charge in [0.1, 0.15) is 17.0 Å². The summed E-state index contributed by atoms with van der Waals surface area (Å²) in [5, 5.41) is 6.50. The summed E-state index contributed by atoms with van der Waals surface area (Å²) in [6, 6.07) is 1.94. The number of hydrogen-bond donors (Lipinski definition) is 1. The zero-order chi connectivity index (χ0) is 17.1. The molecule has 1 saturated heterocycles. The maximum atomic E-state index is 14.0. The summed E-state index contributed by atoms with van der Waals surface area (Å²) in [6.07, 6.45) is 1.42. The number of nitrogens with one attached hydrogen (secondary N) is 1. The van der Waals surface area contributed by atoms with Crippen molar-refractivity contribution in [2.75, 3.05) is 37.0 Å². The predicted octanol–water partition coefficient (Wildman–Crippen LogP) is 2.01. The van der Waals surface area contributed by atoms with Crippen LogP contribution in [0.5, 0.6) is 0 Å². The zero-order valence-corrected chi connectivity index (χ0v) is 15.1. The molecule has 2 aromatic heterocycles. The van der Waals surface area contributed by atoms with Gasteiger partial charge < -0.3 is 15.1 Å². The molecule has 0 amide bonds. The summed E-state index contributed by atoms with van der Waals surface area (Å²) < 4.78 is 14.0. The number of aryl methyl sites for hydroxylation is 1. The predicted molar refractivity (Wildman–Crippen MR) is 95.6 cm³/mol. The van der Waals surface area contributed by atoms with Gasteiger partial charge in [0.2, 0.25) is 5.95 Å². The van der Waals surface area contributed by atoms with Crippen LogP contribution in [0, 0.1) is 6.92 Å². The van der Waals surface area contributed by atoms with E-state index in [0.717, 1.165) is 16.5 Å². The van der Waals surface area contributed by atoms with Crippen molar-refractivity contribution in [1.29, 1.82) is 0 Å². The highest BCUT2D eigenvalue weighted by atomic mass is 32.1. The van der Waals surface area contributed by atoms with E-state index >= 15 is 0 Å². The number of nitrogens with zero attached hydrogens (tertiary/aromatic N) is 5. The van der Waals surface area contributed by atoms with Gasteiger partial charge in [-0.15, -0.1) is 11.3 Å². The SMILES string of the molecule is Cc1csc(CNC[C@@H]2C[C@H](F)CN2c2ccnc(N(C)C)n2)n1. The van der Waals surface area contributed by atoms with Crippen molar-refractivity contribution in [2.45, 2.75) is 32.1 Å². The second kappa shape index (κ2) is 7.40. The summed E-state index contributed by atoms with van der Waals surface area (Å²) >= 11 is 1.65. The lowest BCUT2D eigenvalue weighted by atomic mass is 10.2. The number of halogens is 1. The van der Waals surface area contributed by atoms with Crippen LogP contribution in [0.2, 0.25) is 0 Å². The third kappa shape index (κ3) is 3.99. The fourth-order valence-corrected chi connectivity index (χ4v) is 3.62. The lowest BCUT2D eigenvalue weighted by Gasteiger charge is -2.26. The van der Waals surface area contributed by atoms with Crippen molar-refractivity contribution in [3.05, 3.63) is 28.3 Å². The molecular formula is C16H23FN6S. The molecule has 8 heteroatoms. The number of hydrogen-bond acceptors (Lipinski definition) is 7. The largest absolute Gasteiger partial charge is 0.349 e. The second-order valence-electron chi connectivity index (χ2n) is 6.26. The van der Waals surface area contributed by atoms with Crippen molar-refractivity contribution in [3.8, 4) is 0 Å². The standard InChI is InChI=1S/C16H23FN6S/c1-11-10-24-15(20-11)8-18-7-13-6-12(17)9-23(13)14-4-5-19-16(21-14)22(2)3/h4-5,10,12-13,18H,6-9H2,1-3H3/t12-,13-/m0/s1. The molecular weight excluding hydrogens is 327 g/mol. The van der Waals surface area contributed by atoms with Crippen LogP contribution in [0.25, 0.3) is 0 Å². The van der Waals surface area contributed by atoms with Gasteiger partial charge in [-0.1, -0.05) is 0 Å². The summed E-state index contributed by atoms with van der Waals surface area (Å²) in [5.74, 6) is 1.42. The van der Waals surface area contributed by atoms with Gasteiger partial charge in [-0.05, 0) is 13.0 Å². The Bertz CT molecular complexity index is 676. The van der Waals surface area contributed by atoms with Gasteiger partial charge in [-0.3, -0.25) is 0 Å². The molecule has 2 atom stereocenters. The Labute approximate surface area is 145 Å². The van der Waals surface area contributed by atoms with Gasteiger partial charge in [0.05, 0.1) is 6.54 Å². The van der Waals surface area contributed by atoms with Crippen molar-refractivity contribution in [1.82, 2.24) is 20.3 Å². The van der Waals surface area contributed by atoms with Crippen molar-refractivity contribution in [2.24, 2.45) is 0 Å². The quantitative estimate of drug-likeness (QED) is 0.860. The Balaban J connectivity index is 1.64. The lowest BCUT2D eigenvalue weighted by molar-refractivity contribution is 0.354. The van der Waals surface area contributed by atoms with Gasteiger partial charge in [0, 0.05) is 56.9 Å². The molecule has 1 N–H and O–H groups in total. The molecule has 130 valence electrons. The lowest BCUT2D eigenvalue weighted by Crippen LogP contribution is -2.38. The molecule has 2 aromatic rings. The molecule has 6 nitrogen and oxygen atoms in total. The molecule has 0 aromatic carbocycles. The molecule has 1 fully saturated rings. The fourth-order valence-electron chi connectivity index (χ4n) is 2.88. The highest BCUT2D eigenvalue weighted by molar-refractivity contribution is 7.09. The van der Waals surface area contributed by atoms with Crippen molar-refractivity contribution in [3.63, 3.8) is 0 Å². The maximum absolute atomic E-state index is 14.0. The number of alkyl halides is 1. The maximum Gasteiger partial charge on any atom is 0.226 e. The first-order valence-corrected chi connectivity index (χ1v) is 8.93.